The van der Waals surface area contributed by atoms with E-state index in [9.17, 15) is 14.9 Å². The molecule has 4 aromatic rings. The number of hydrogen-bond donors (Lipinski definition) is 1. The van der Waals surface area contributed by atoms with Crippen LogP contribution < -0.4 is 10.3 Å². The van der Waals surface area contributed by atoms with Gasteiger partial charge in [-0.15, -0.1) is 0 Å². The largest absolute Gasteiger partial charge is 0.492 e. The number of amides is 1. The Hall–Kier alpha value is -4.23. The fourth-order valence-corrected chi connectivity index (χ4v) is 4.46. The van der Waals surface area contributed by atoms with Crippen LogP contribution in [0.3, 0.4) is 0 Å². The molecular weight excluding hydrogens is 460 g/mol. The Morgan fingerprint density at radius 2 is 2.06 bits per heavy atom. The summed E-state index contributed by atoms with van der Waals surface area (Å²) in [5.41, 5.74) is 2.11. The minimum atomic E-state index is -0.307. The van der Waals surface area contributed by atoms with Gasteiger partial charge in [0.15, 0.2) is 0 Å². The Bertz CT molecular complexity index is 1530. The van der Waals surface area contributed by atoms with Crippen LogP contribution in [0.25, 0.3) is 21.8 Å². The van der Waals surface area contributed by atoms with Crippen molar-refractivity contribution in [1.29, 1.82) is 5.26 Å². The molecule has 5 rings (SSSR count). The molecule has 1 amide bonds. The van der Waals surface area contributed by atoms with E-state index in [0.717, 1.165) is 11.9 Å². The normalized spacial score (nSPS) is 14.1. The lowest BCUT2D eigenvalue weighted by molar-refractivity contribution is -0.132. The Morgan fingerprint density at radius 1 is 1.22 bits per heavy atom. The van der Waals surface area contributed by atoms with Crippen LogP contribution in [0.15, 0.2) is 41.2 Å². The molecule has 0 spiro atoms. The predicted molar refractivity (Wildman–Crippen MR) is 133 cm³/mol. The molecule has 1 N–H and O–H groups in total. The van der Waals surface area contributed by atoms with Crippen molar-refractivity contribution >= 4 is 27.7 Å². The van der Waals surface area contributed by atoms with Gasteiger partial charge in [-0.25, -0.2) is 9.67 Å². The van der Waals surface area contributed by atoms with Gasteiger partial charge in [-0.05, 0) is 25.5 Å². The summed E-state index contributed by atoms with van der Waals surface area (Å²) in [6.45, 7) is 4.38. The zero-order valence-corrected chi connectivity index (χ0v) is 20.0. The number of hydrogen-bond acceptors (Lipinski definition) is 7. The SMILES string of the molecule is CCOc1cc2[nH]c(Cc3nn(CC(=O)N4CCCOCC4)c(=O)c4ccccc34)nc2cc1C#N. The molecule has 0 bridgehead atoms. The first kappa shape index (κ1) is 23.5. The third-order valence-electron chi connectivity index (χ3n) is 6.19. The fraction of sp³-hybridized carbons (Fsp3) is 0.346. The molecule has 2 aromatic heterocycles. The summed E-state index contributed by atoms with van der Waals surface area (Å²) in [5, 5.41) is 15.3. The van der Waals surface area contributed by atoms with Gasteiger partial charge >= 0.3 is 0 Å². The molecule has 0 radical (unpaired) electrons. The minimum absolute atomic E-state index is 0.139. The number of aromatic amines is 1. The maximum absolute atomic E-state index is 13.2. The van der Waals surface area contributed by atoms with Crippen LogP contribution in [0.2, 0.25) is 0 Å². The molecule has 2 aromatic carbocycles. The van der Waals surface area contributed by atoms with Crippen LogP contribution in [0.1, 0.15) is 30.4 Å². The van der Waals surface area contributed by atoms with E-state index >= 15 is 0 Å². The third kappa shape index (κ3) is 4.65. The highest BCUT2D eigenvalue weighted by molar-refractivity contribution is 5.85. The van der Waals surface area contributed by atoms with E-state index in [2.05, 4.69) is 21.1 Å². The van der Waals surface area contributed by atoms with Crippen LogP contribution >= 0.6 is 0 Å². The summed E-state index contributed by atoms with van der Waals surface area (Å²) in [4.78, 5) is 35.8. The average molecular weight is 487 g/mol. The van der Waals surface area contributed by atoms with Gasteiger partial charge in [0.05, 0.1) is 47.3 Å². The number of imidazole rings is 1. The Kier molecular flexibility index (Phi) is 6.64. The van der Waals surface area contributed by atoms with Crippen molar-refractivity contribution in [2.45, 2.75) is 26.3 Å². The molecule has 1 aliphatic rings. The Labute approximate surface area is 207 Å². The fourth-order valence-electron chi connectivity index (χ4n) is 4.46. The van der Waals surface area contributed by atoms with Gasteiger partial charge in [-0.2, -0.15) is 10.4 Å². The van der Waals surface area contributed by atoms with Crippen LogP contribution in [0.4, 0.5) is 0 Å². The van der Waals surface area contributed by atoms with Crippen LogP contribution in [-0.2, 0) is 22.5 Å². The van der Waals surface area contributed by atoms with E-state index in [0.29, 0.717) is 78.5 Å². The second-order valence-electron chi connectivity index (χ2n) is 8.57. The molecule has 1 aliphatic heterocycles. The van der Waals surface area contributed by atoms with Crippen molar-refractivity contribution in [3.63, 3.8) is 0 Å². The standard InChI is InChI=1S/C26H26N6O4/c1-2-36-23-13-22-21(12-17(23)15-27)28-24(29-22)14-20-18-6-3-4-7-19(18)26(34)32(30-20)16-25(33)31-8-5-10-35-11-9-31/h3-4,6-7,12-13H,2,5,8-11,14,16H2,1H3,(H,28,29). The van der Waals surface area contributed by atoms with Crippen molar-refractivity contribution in [2.24, 2.45) is 0 Å². The van der Waals surface area contributed by atoms with E-state index in [4.69, 9.17) is 9.47 Å². The summed E-state index contributed by atoms with van der Waals surface area (Å²) in [5.74, 6) is 0.964. The molecule has 3 heterocycles. The molecule has 10 heteroatoms. The minimum Gasteiger partial charge on any atom is -0.492 e. The van der Waals surface area contributed by atoms with E-state index < -0.39 is 0 Å². The molecule has 1 fully saturated rings. The van der Waals surface area contributed by atoms with E-state index in [1.54, 1.807) is 29.2 Å². The second-order valence-corrected chi connectivity index (χ2v) is 8.57. The van der Waals surface area contributed by atoms with Gasteiger partial charge < -0.3 is 19.4 Å². The van der Waals surface area contributed by atoms with E-state index in [1.807, 2.05) is 19.1 Å². The number of nitrogens with zero attached hydrogens (tertiary/aromatic N) is 5. The highest BCUT2D eigenvalue weighted by Crippen LogP contribution is 2.25. The molecule has 36 heavy (non-hydrogen) atoms. The number of nitriles is 1. The number of aromatic nitrogens is 4. The van der Waals surface area contributed by atoms with Crippen molar-refractivity contribution in [1.82, 2.24) is 24.6 Å². The molecule has 1 saturated heterocycles. The van der Waals surface area contributed by atoms with Gasteiger partial charge in [-0.3, -0.25) is 9.59 Å². The van der Waals surface area contributed by atoms with Crippen molar-refractivity contribution in [3.8, 4) is 11.8 Å². The number of ether oxygens (including phenoxy) is 2. The predicted octanol–water partition coefficient (Wildman–Crippen LogP) is 2.38. The summed E-state index contributed by atoms with van der Waals surface area (Å²) < 4.78 is 12.3. The van der Waals surface area contributed by atoms with Gasteiger partial charge in [-0.1, -0.05) is 18.2 Å². The summed E-state index contributed by atoms with van der Waals surface area (Å²) in [7, 11) is 0. The number of benzene rings is 2. The lowest BCUT2D eigenvalue weighted by Crippen LogP contribution is -2.39. The average Bonchev–Trinajstić information content (AvgIpc) is 3.08. The zero-order chi connectivity index (χ0) is 25.1. The molecule has 0 saturated carbocycles. The Morgan fingerprint density at radius 3 is 2.86 bits per heavy atom. The van der Waals surface area contributed by atoms with Crippen molar-refractivity contribution in [2.75, 3.05) is 32.9 Å². The molecular formula is C26H26N6O4. The lowest BCUT2D eigenvalue weighted by Gasteiger charge is -2.20. The van der Waals surface area contributed by atoms with Gasteiger partial charge in [0, 0.05) is 31.1 Å². The van der Waals surface area contributed by atoms with Crippen LogP contribution in [-0.4, -0.2) is 63.5 Å². The quantitative estimate of drug-likeness (QED) is 0.443. The molecule has 0 unspecified atom stereocenters. The molecule has 0 atom stereocenters. The second kappa shape index (κ2) is 10.2. The number of fused-ring (bicyclic) bond motifs is 2. The van der Waals surface area contributed by atoms with Crippen LogP contribution in [0, 0.1) is 11.3 Å². The summed E-state index contributed by atoms with van der Waals surface area (Å²) >= 11 is 0. The van der Waals surface area contributed by atoms with E-state index in [1.165, 1.54) is 4.68 Å². The highest BCUT2D eigenvalue weighted by atomic mass is 16.5. The third-order valence-corrected chi connectivity index (χ3v) is 6.19. The smallest absolute Gasteiger partial charge is 0.275 e. The zero-order valence-electron chi connectivity index (χ0n) is 20.0. The Balaban J connectivity index is 1.50. The number of carbonyl (C=O) groups is 1. The van der Waals surface area contributed by atoms with Crippen LogP contribution in [0.5, 0.6) is 5.75 Å². The monoisotopic (exact) mass is 486 g/mol. The maximum Gasteiger partial charge on any atom is 0.275 e. The van der Waals surface area contributed by atoms with Crippen molar-refractivity contribution < 1.29 is 14.3 Å². The molecule has 184 valence electrons. The molecule has 0 aliphatic carbocycles. The van der Waals surface area contributed by atoms with Crippen molar-refractivity contribution in [3.05, 3.63) is 63.8 Å². The van der Waals surface area contributed by atoms with Gasteiger partial charge in [0.25, 0.3) is 5.56 Å². The lowest BCUT2D eigenvalue weighted by atomic mass is 10.1. The summed E-state index contributed by atoms with van der Waals surface area (Å²) in [6.07, 6.45) is 1.08. The number of carbonyl (C=O) groups excluding carboxylic acids is 1. The van der Waals surface area contributed by atoms with Gasteiger partial charge in [0.1, 0.15) is 24.2 Å². The van der Waals surface area contributed by atoms with E-state index in [-0.39, 0.29) is 18.0 Å². The van der Waals surface area contributed by atoms with Gasteiger partial charge in [0.2, 0.25) is 5.91 Å². The first-order valence-electron chi connectivity index (χ1n) is 12.0. The highest BCUT2D eigenvalue weighted by Gasteiger charge is 2.20. The summed E-state index contributed by atoms with van der Waals surface area (Å²) in [6, 6.07) is 12.8. The number of H-pyrrole nitrogens is 1. The topological polar surface area (TPSA) is 126 Å². The number of rotatable bonds is 6. The molecule has 10 nitrogen and oxygen atoms in total. The first-order chi connectivity index (χ1) is 17.6. The first-order valence-corrected chi connectivity index (χ1v) is 12.0. The number of nitrogens with one attached hydrogen (secondary N) is 1. The maximum atomic E-state index is 13.2.